The molecular weight excluding hydrogens is 252 g/mol. The standard InChI is InChI=1S/C13H19ClN2O2/c1-8(2)18-12-5-4-10(7-11(12)14)16-13(17)6-9(3)15/h4-5,7-9H,6,15H2,1-3H3,(H,16,17). The van der Waals surface area contributed by atoms with Gasteiger partial charge in [0, 0.05) is 18.2 Å². The minimum Gasteiger partial charge on any atom is -0.489 e. The number of benzene rings is 1. The average Bonchev–Trinajstić information content (AvgIpc) is 2.20. The molecule has 0 heterocycles. The maximum Gasteiger partial charge on any atom is 0.225 e. The Morgan fingerprint density at radius 1 is 1.44 bits per heavy atom. The van der Waals surface area contributed by atoms with Crippen LogP contribution in [0.25, 0.3) is 0 Å². The van der Waals surface area contributed by atoms with Gasteiger partial charge in [0.05, 0.1) is 11.1 Å². The quantitative estimate of drug-likeness (QED) is 0.865. The van der Waals surface area contributed by atoms with E-state index in [0.717, 1.165) is 0 Å². The maximum absolute atomic E-state index is 11.5. The van der Waals surface area contributed by atoms with Gasteiger partial charge < -0.3 is 15.8 Å². The fourth-order valence-electron chi connectivity index (χ4n) is 1.43. The molecule has 3 N–H and O–H groups in total. The second-order valence-electron chi connectivity index (χ2n) is 4.54. The summed E-state index contributed by atoms with van der Waals surface area (Å²) in [5, 5.41) is 3.21. The number of amides is 1. The largest absolute Gasteiger partial charge is 0.489 e. The summed E-state index contributed by atoms with van der Waals surface area (Å²) >= 11 is 6.06. The molecule has 0 aliphatic rings. The molecule has 0 bridgehead atoms. The molecule has 4 nitrogen and oxygen atoms in total. The van der Waals surface area contributed by atoms with E-state index in [-0.39, 0.29) is 24.5 Å². The summed E-state index contributed by atoms with van der Waals surface area (Å²) in [6, 6.07) is 4.99. The summed E-state index contributed by atoms with van der Waals surface area (Å²) in [4.78, 5) is 11.5. The molecule has 0 aliphatic carbocycles. The van der Waals surface area contributed by atoms with Crippen LogP contribution in [0.4, 0.5) is 5.69 Å². The molecule has 0 aliphatic heterocycles. The Hall–Kier alpha value is -1.26. The van der Waals surface area contributed by atoms with Gasteiger partial charge in [-0.2, -0.15) is 0 Å². The smallest absolute Gasteiger partial charge is 0.225 e. The van der Waals surface area contributed by atoms with E-state index in [9.17, 15) is 4.79 Å². The third-order valence-corrected chi connectivity index (χ3v) is 2.38. The summed E-state index contributed by atoms with van der Waals surface area (Å²) in [5.41, 5.74) is 6.19. The first-order chi connectivity index (χ1) is 8.38. The minimum atomic E-state index is -0.163. The molecule has 1 unspecified atom stereocenters. The summed E-state index contributed by atoms with van der Waals surface area (Å²) < 4.78 is 5.50. The van der Waals surface area contributed by atoms with Crippen molar-refractivity contribution in [2.45, 2.75) is 39.3 Å². The van der Waals surface area contributed by atoms with Crippen LogP contribution < -0.4 is 15.8 Å². The summed E-state index contributed by atoms with van der Waals surface area (Å²) in [6.45, 7) is 5.63. The zero-order chi connectivity index (χ0) is 13.7. The number of ether oxygens (including phenoxy) is 1. The van der Waals surface area contributed by atoms with Crippen molar-refractivity contribution in [3.05, 3.63) is 23.2 Å². The predicted molar refractivity (Wildman–Crippen MR) is 74.1 cm³/mol. The fraction of sp³-hybridized carbons (Fsp3) is 0.462. The van der Waals surface area contributed by atoms with Crippen LogP contribution in [0.1, 0.15) is 27.2 Å². The first-order valence-corrected chi connectivity index (χ1v) is 6.28. The molecule has 0 spiro atoms. The van der Waals surface area contributed by atoms with E-state index < -0.39 is 0 Å². The van der Waals surface area contributed by atoms with Gasteiger partial charge in [0.25, 0.3) is 0 Å². The van der Waals surface area contributed by atoms with E-state index in [0.29, 0.717) is 16.5 Å². The molecule has 0 aromatic heterocycles. The van der Waals surface area contributed by atoms with Crippen LogP contribution in [-0.4, -0.2) is 18.1 Å². The van der Waals surface area contributed by atoms with Gasteiger partial charge in [-0.25, -0.2) is 0 Å². The van der Waals surface area contributed by atoms with Crippen LogP contribution in [0.2, 0.25) is 5.02 Å². The van der Waals surface area contributed by atoms with Crippen molar-refractivity contribution >= 4 is 23.2 Å². The lowest BCUT2D eigenvalue weighted by Gasteiger charge is -2.13. The van der Waals surface area contributed by atoms with Crippen molar-refractivity contribution in [1.82, 2.24) is 0 Å². The Bertz CT molecular complexity index is 419. The normalized spacial score (nSPS) is 12.3. The Labute approximate surface area is 112 Å². The number of carbonyl (C=O) groups is 1. The molecule has 5 heteroatoms. The molecule has 18 heavy (non-hydrogen) atoms. The molecule has 1 rings (SSSR count). The fourth-order valence-corrected chi connectivity index (χ4v) is 1.66. The van der Waals surface area contributed by atoms with E-state index in [4.69, 9.17) is 22.1 Å². The van der Waals surface area contributed by atoms with Crippen LogP contribution in [0.5, 0.6) is 5.75 Å². The highest BCUT2D eigenvalue weighted by molar-refractivity contribution is 6.32. The van der Waals surface area contributed by atoms with Gasteiger partial charge in [-0.05, 0) is 39.0 Å². The minimum absolute atomic E-state index is 0.0565. The van der Waals surface area contributed by atoms with Crippen molar-refractivity contribution in [3.63, 3.8) is 0 Å². The van der Waals surface area contributed by atoms with Gasteiger partial charge in [-0.3, -0.25) is 4.79 Å². The van der Waals surface area contributed by atoms with Gasteiger partial charge in [-0.15, -0.1) is 0 Å². The van der Waals surface area contributed by atoms with Crippen molar-refractivity contribution in [2.75, 3.05) is 5.32 Å². The van der Waals surface area contributed by atoms with Gasteiger partial charge >= 0.3 is 0 Å². The van der Waals surface area contributed by atoms with Crippen molar-refractivity contribution in [2.24, 2.45) is 5.73 Å². The molecule has 1 aromatic rings. The number of rotatable bonds is 5. The number of hydrogen-bond donors (Lipinski definition) is 2. The second kappa shape index (κ2) is 6.61. The number of nitrogens with two attached hydrogens (primary N) is 1. The van der Waals surface area contributed by atoms with Crippen molar-refractivity contribution < 1.29 is 9.53 Å². The lowest BCUT2D eigenvalue weighted by molar-refractivity contribution is -0.116. The number of hydrogen-bond acceptors (Lipinski definition) is 3. The highest BCUT2D eigenvalue weighted by Crippen LogP contribution is 2.28. The highest BCUT2D eigenvalue weighted by Gasteiger charge is 2.08. The van der Waals surface area contributed by atoms with E-state index in [1.807, 2.05) is 13.8 Å². The molecule has 0 fully saturated rings. The van der Waals surface area contributed by atoms with Crippen LogP contribution in [0, 0.1) is 0 Å². The van der Waals surface area contributed by atoms with E-state index in [2.05, 4.69) is 5.32 Å². The van der Waals surface area contributed by atoms with Crippen molar-refractivity contribution in [1.29, 1.82) is 0 Å². The number of nitrogens with one attached hydrogen (secondary N) is 1. The third kappa shape index (κ3) is 4.94. The van der Waals surface area contributed by atoms with Gasteiger partial charge in [0.1, 0.15) is 5.75 Å². The topological polar surface area (TPSA) is 64.4 Å². The molecule has 0 radical (unpaired) electrons. The molecular formula is C13H19ClN2O2. The zero-order valence-corrected chi connectivity index (χ0v) is 11.6. The Morgan fingerprint density at radius 3 is 2.61 bits per heavy atom. The van der Waals surface area contributed by atoms with Crippen LogP contribution in [-0.2, 0) is 4.79 Å². The number of anilines is 1. The molecule has 0 saturated heterocycles. The molecule has 1 aromatic carbocycles. The zero-order valence-electron chi connectivity index (χ0n) is 10.9. The highest BCUT2D eigenvalue weighted by atomic mass is 35.5. The van der Waals surface area contributed by atoms with Gasteiger partial charge in [0.15, 0.2) is 0 Å². The number of halogens is 1. The van der Waals surface area contributed by atoms with Gasteiger partial charge in [0.2, 0.25) is 5.91 Å². The van der Waals surface area contributed by atoms with Crippen molar-refractivity contribution in [3.8, 4) is 5.75 Å². The van der Waals surface area contributed by atoms with Crippen LogP contribution >= 0.6 is 11.6 Å². The monoisotopic (exact) mass is 270 g/mol. The summed E-state index contributed by atoms with van der Waals surface area (Å²) in [7, 11) is 0. The third-order valence-electron chi connectivity index (χ3n) is 2.09. The maximum atomic E-state index is 11.5. The Morgan fingerprint density at radius 2 is 2.11 bits per heavy atom. The SMILES string of the molecule is CC(N)CC(=O)Nc1ccc(OC(C)C)c(Cl)c1. The van der Waals surface area contributed by atoms with Crippen LogP contribution in [0.15, 0.2) is 18.2 Å². The summed E-state index contributed by atoms with van der Waals surface area (Å²) in [5.74, 6) is 0.482. The van der Waals surface area contributed by atoms with E-state index in [1.54, 1.807) is 25.1 Å². The lowest BCUT2D eigenvalue weighted by Crippen LogP contribution is -2.23. The average molecular weight is 271 g/mol. The summed E-state index contributed by atoms with van der Waals surface area (Å²) in [6.07, 6.45) is 0.336. The van der Waals surface area contributed by atoms with E-state index in [1.165, 1.54) is 0 Å². The first kappa shape index (κ1) is 14.8. The van der Waals surface area contributed by atoms with Crippen LogP contribution in [0.3, 0.4) is 0 Å². The molecule has 1 atom stereocenters. The second-order valence-corrected chi connectivity index (χ2v) is 4.95. The number of carbonyl (C=O) groups excluding carboxylic acids is 1. The molecule has 0 saturated carbocycles. The molecule has 1 amide bonds. The Kier molecular flexibility index (Phi) is 5.44. The van der Waals surface area contributed by atoms with Gasteiger partial charge in [-0.1, -0.05) is 11.6 Å². The first-order valence-electron chi connectivity index (χ1n) is 5.90. The Balaban J connectivity index is 2.69. The predicted octanol–water partition coefficient (Wildman–Crippen LogP) is 2.80. The lowest BCUT2D eigenvalue weighted by atomic mass is 10.2. The van der Waals surface area contributed by atoms with E-state index >= 15 is 0 Å². The molecule has 100 valence electrons.